The molecule has 2 aliphatic heterocycles. The lowest BCUT2D eigenvalue weighted by atomic mass is 10.2. The number of hydrogen-bond acceptors (Lipinski definition) is 1. The van der Waals surface area contributed by atoms with Crippen LogP contribution in [0.2, 0.25) is 10.3 Å². The molecule has 0 fully saturated rings. The van der Waals surface area contributed by atoms with Crippen molar-refractivity contribution in [2.24, 2.45) is 0 Å². The van der Waals surface area contributed by atoms with Crippen LogP contribution in [0, 0.1) is 0 Å². The molecule has 0 saturated heterocycles. The molecule has 0 unspecified atom stereocenters. The second-order valence-corrected chi connectivity index (χ2v) is 4.44. The summed E-state index contributed by atoms with van der Waals surface area (Å²) in [4.78, 5) is 4.18. The van der Waals surface area contributed by atoms with E-state index in [1.165, 1.54) is 0 Å². The fraction of sp³-hybridized carbons (Fsp3) is 0. The molecule has 4 heteroatoms. The SMILES string of the molecule is Clc1cc2c(Cl)n(-c3ccccc3)ccc-2n1. The van der Waals surface area contributed by atoms with Gasteiger partial charge in [0, 0.05) is 17.4 Å². The molecule has 3 rings (SSSR count). The number of aromatic nitrogens is 2. The molecule has 17 heavy (non-hydrogen) atoms. The van der Waals surface area contributed by atoms with Crippen LogP contribution in [0.3, 0.4) is 0 Å². The molecular formula is C13H8Cl2N2. The van der Waals surface area contributed by atoms with Gasteiger partial charge >= 0.3 is 0 Å². The molecule has 2 nitrogen and oxygen atoms in total. The van der Waals surface area contributed by atoms with Crippen molar-refractivity contribution in [2.45, 2.75) is 0 Å². The molecule has 2 aliphatic rings. The number of halogens is 2. The minimum Gasteiger partial charge on any atom is -0.307 e. The monoisotopic (exact) mass is 262 g/mol. The van der Waals surface area contributed by atoms with Crippen molar-refractivity contribution >= 4 is 23.2 Å². The quantitative estimate of drug-likeness (QED) is 0.599. The highest BCUT2D eigenvalue weighted by atomic mass is 35.5. The highest BCUT2D eigenvalue weighted by Crippen LogP contribution is 2.33. The number of rotatable bonds is 1. The molecule has 1 aromatic rings. The smallest absolute Gasteiger partial charge is 0.130 e. The molecule has 1 aromatic carbocycles. The van der Waals surface area contributed by atoms with E-state index < -0.39 is 0 Å². The van der Waals surface area contributed by atoms with Crippen molar-refractivity contribution in [1.29, 1.82) is 0 Å². The molecule has 0 atom stereocenters. The van der Waals surface area contributed by atoms with Crippen LogP contribution in [0.1, 0.15) is 0 Å². The van der Waals surface area contributed by atoms with Crippen LogP contribution in [0.15, 0.2) is 48.7 Å². The van der Waals surface area contributed by atoms with Gasteiger partial charge in [0.2, 0.25) is 0 Å². The fourth-order valence-corrected chi connectivity index (χ4v) is 2.33. The highest BCUT2D eigenvalue weighted by molar-refractivity contribution is 6.34. The maximum atomic E-state index is 6.35. The Morgan fingerprint density at radius 2 is 1.76 bits per heavy atom. The fourth-order valence-electron chi connectivity index (χ4n) is 1.82. The summed E-state index contributed by atoms with van der Waals surface area (Å²) in [7, 11) is 0. The molecule has 0 spiro atoms. The number of hydrogen-bond donors (Lipinski definition) is 0. The first kappa shape index (κ1) is 10.6. The summed E-state index contributed by atoms with van der Waals surface area (Å²) in [5.74, 6) is 0. The Balaban J connectivity index is 2.26. The lowest BCUT2D eigenvalue weighted by Crippen LogP contribution is -1.98. The van der Waals surface area contributed by atoms with Gasteiger partial charge in [-0.3, -0.25) is 0 Å². The van der Waals surface area contributed by atoms with Gasteiger partial charge < -0.3 is 4.57 Å². The van der Waals surface area contributed by atoms with Gasteiger partial charge in [-0.1, -0.05) is 41.4 Å². The molecule has 2 heterocycles. The minimum absolute atomic E-state index is 0.465. The number of nitrogens with zero attached hydrogens (tertiary/aromatic N) is 2. The van der Waals surface area contributed by atoms with Gasteiger partial charge in [-0.15, -0.1) is 0 Å². The van der Waals surface area contributed by atoms with E-state index >= 15 is 0 Å². The molecule has 0 bridgehead atoms. The van der Waals surface area contributed by atoms with E-state index in [2.05, 4.69) is 4.98 Å². The van der Waals surface area contributed by atoms with Gasteiger partial charge in [0.1, 0.15) is 10.3 Å². The number of fused-ring (bicyclic) bond motifs is 1. The van der Waals surface area contributed by atoms with E-state index in [9.17, 15) is 0 Å². The second-order valence-electron chi connectivity index (χ2n) is 3.69. The van der Waals surface area contributed by atoms with E-state index in [0.717, 1.165) is 16.9 Å². The summed E-state index contributed by atoms with van der Waals surface area (Å²) in [5, 5.41) is 1.08. The first-order chi connectivity index (χ1) is 8.25. The minimum atomic E-state index is 0.465. The number of pyridine rings is 1. The van der Waals surface area contributed by atoms with Crippen LogP contribution in [0.4, 0.5) is 0 Å². The van der Waals surface area contributed by atoms with Gasteiger partial charge in [0.15, 0.2) is 0 Å². The van der Waals surface area contributed by atoms with Crippen LogP contribution < -0.4 is 0 Å². The van der Waals surface area contributed by atoms with Gasteiger partial charge in [-0.25, -0.2) is 4.98 Å². The molecule has 0 saturated carbocycles. The van der Waals surface area contributed by atoms with Crippen LogP contribution in [0.25, 0.3) is 16.9 Å². The predicted molar refractivity (Wildman–Crippen MR) is 70.2 cm³/mol. The zero-order valence-electron chi connectivity index (χ0n) is 8.77. The van der Waals surface area contributed by atoms with E-state index in [1.807, 2.05) is 47.2 Å². The Morgan fingerprint density at radius 1 is 1.00 bits per heavy atom. The largest absolute Gasteiger partial charge is 0.307 e. The first-order valence-corrected chi connectivity index (χ1v) is 5.90. The average molecular weight is 263 g/mol. The molecule has 0 aliphatic carbocycles. The summed E-state index contributed by atoms with van der Waals surface area (Å²) in [5.41, 5.74) is 2.69. The van der Waals surface area contributed by atoms with E-state index in [-0.39, 0.29) is 0 Å². The van der Waals surface area contributed by atoms with Crippen molar-refractivity contribution in [1.82, 2.24) is 9.55 Å². The van der Waals surface area contributed by atoms with Crippen LogP contribution >= 0.6 is 23.2 Å². The Morgan fingerprint density at radius 3 is 2.53 bits per heavy atom. The van der Waals surface area contributed by atoms with Crippen molar-refractivity contribution in [3.63, 3.8) is 0 Å². The molecule has 0 N–H and O–H groups in total. The van der Waals surface area contributed by atoms with Gasteiger partial charge in [-0.2, -0.15) is 0 Å². The van der Waals surface area contributed by atoms with Crippen molar-refractivity contribution in [3.05, 3.63) is 59.0 Å². The summed E-state index contributed by atoms with van der Waals surface area (Å²) < 4.78 is 1.90. The van der Waals surface area contributed by atoms with Gasteiger partial charge in [-0.05, 0) is 24.3 Å². The van der Waals surface area contributed by atoms with Crippen LogP contribution in [0.5, 0.6) is 0 Å². The standard InChI is InChI=1S/C13H8Cl2N2/c14-12-8-10-11(16-12)6-7-17(13(10)15)9-4-2-1-3-5-9/h1-8H. The number of benzene rings is 1. The van der Waals surface area contributed by atoms with E-state index in [4.69, 9.17) is 23.2 Å². The molecule has 0 aromatic heterocycles. The zero-order valence-corrected chi connectivity index (χ0v) is 10.3. The lowest BCUT2D eigenvalue weighted by Gasteiger charge is -2.11. The highest BCUT2D eigenvalue weighted by Gasteiger charge is 2.14. The molecular weight excluding hydrogens is 255 g/mol. The Kier molecular flexibility index (Phi) is 2.54. The van der Waals surface area contributed by atoms with Crippen LogP contribution in [-0.4, -0.2) is 9.55 Å². The Bertz CT molecular complexity index is 631. The van der Waals surface area contributed by atoms with Gasteiger partial charge in [0.25, 0.3) is 0 Å². The molecule has 0 amide bonds. The van der Waals surface area contributed by atoms with Crippen molar-refractivity contribution in [3.8, 4) is 16.9 Å². The third kappa shape index (κ3) is 1.79. The summed E-state index contributed by atoms with van der Waals surface area (Å²) in [6.45, 7) is 0. The molecule has 84 valence electrons. The third-order valence-electron chi connectivity index (χ3n) is 2.62. The maximum absolute atomic E-state index is 6.35. The lowest BCUT2D eigenvalue weighted by molar-refractivity contribution is 1.05. The van der Waals surface area contributed by atoms with Crippen molar-refractivity contribution < 1.29 is 0 Å². The predicted octanol–water partition coefficient (Wildman–Crippen LogP) is 4.28. The second kappa shape index (κ2) is 4.06. The maximum Gasteiger partial charge on any atom is 0.130 e. The van der Waals surface area contributed by atoms with Crippen molar-refractivity contribution in [2.75, 3.05) is 0 Å². The topological polar surface area (TPSA) is 17.8 Å². The summed E-state index contributed by atoms with van der Waals surface area (Å²) in [6.07, 6.45) is 1.89. The Hall–Kier alpha value is -1.51. The number of para-hydroxylation sites is 1. The van der Waals surface area contributed by atoms with E-state index in [0.29, 0.717) is 10.3 Å². The summed E-state index contributed by atoms with van der Waals surface area (Å²) >= 11 is 12.2. The summed E-state index contributed by atoms with van der Waals surface area (Å²) in [6, 6.07) is 13.6. The zero-order chi connectivity index (χ0) is 11.8. The van der Waals surface area contributed by atoms with Crippen LogP contribution in [-0.2, 0) is 0 Å². The van der Waals surface area contributed by atoms with Gasteiger partial charge in [0.05, 0.1) is 5.69 Å². The average Bonchev–Trinajstić information content (AvgIpc) is 2.72. The Labute approximate surface area is 109 Å². The first-order valence-electron chi connectivity index (χ1n) is 5.14. The normalized spacial score (nSPS) is 10.9. The van der Waals surface area contributed by atoms with E-state index in [1.54, 1.807) is 6.07 Å². The third-order valence-corrected chi connectivity index (χ3v) is 3.20. The molecule has 0 radical (unpaired) electrons.